The predicted octanol–water partition coefficient (Wildman–Crippen LogP) is 10.4. The minimum atomic E-state index is 0.179. The standard InChI is InChI=1S/C36H25NO/c1-3-9-30(10-4-1)37(31-11-5-2-6-12-31)32-21-20-28-19-17-26(23-29(28)25-32)15-16-27-18-22-36-34(24-27)33-13-7-8-14-35(33)38-36/h1-25H/b16-15+/i15D,16D. The van der Waals surface area contributed by atoms with Gasteiger partial charge >= 0.3 is 0 Å². The van der Waals surface area contributed by atoms with E-state index in [4.69, 9.17) is 7.16 Å². The molecule has 1 aromatic heterocycles. The molecule has 0 spiro atoms. The molecule has 0 amide bonds. The Morgan fingerprint density at radius 3 is 1.84 bits per heavy atom. The zero-order valence-corrected chi connectivity index (χ0v) is 20.6. The highest BCUT2D eigenvalue weighted by atomic mass is 16.3. The van der Waals surface area contributed by atoms with Gasteiger partial charge in [0.2, 0.25) is 0 Å². The fourth-order valence-electron chi connectivity index (χ4n) is 5.00. The Kier molecular flexibility index (Phi) is 4.97. The zero-order chi connectivity index (χ0) is 27.1. The number of anilines is 3. The SMILES string of the molecule is [2H]/C(=C(/[2H])c1ccc2oc3ccccc3c2c1)c1ccc2ccc(N(c3ccccc3)c3ccccc3)cc2c1. The van der Waals surface area contributed by atoms with Crippen LogP contribution in [0, 0.1) is 0 Å². The largest absolute Gasteiger partial charge is 0.456 e. The molecule has 2 heteroatoms. The molecule has 0 atom stereocenters. The third kappa shape index (κ3) is 4.12. The first-order chi connectivity index (χ1) is 19.7. The van der Waals surface area contributed by atoms with Crippen molar-refractivity contribution in [2.45, 2.75) is 0 Å². The minimum absolute atomic E-state index is 0.179. The van der Waals surface area contributed by atoms with Gasteiger partial charge in [0.05, 0.1) is 2.74 Å². The molecule has 6 aromatic carbocycles. The number of rotatable bonds is 5. The van der Waals surface area contributed by atoms with Gasteiger partial charge in [-0.3, -0.25) is 0 Å². The molecule has 0 aliphatic rings. The maximum absolute atomic E-state index is 8.93. The van der Waals surface area contributed by atoms with Crippen LogP contribution in [0.2, 0.25) is 0 Å². The molecule has 0 fully saturated rings. The van der Waals surface area contributed by atoms with Gasteiger partial charge in [0, 0.05) is 27.8 Å². The normalized spacial score (nSPS) is 12.8. The molecular weight excluding hydrogens is 462 g/mol. The summed E-state index contributed by atoms with van der Waals surface area (Å²) in [5, 5.41) is 4.06. The number of furan rings is 1. The summed E-state index contributed by atoms with van der Waals surface area (Å²) in [4.78, 5) is 2.23. The molecule has 0 bridgehead atoms. The molecular formula is C36H25NO. The number of nitrogens with zero attached hydrogens (tertiary/aromatic N) is 1. The number of hydrogen-bond donors (Lipinski definition) is 0. The monoisotopic (exact) mass is 489 g/mol. The fourth-order valence-corrected chi connectivity index (χ4v) is 5.00. The number of para-hydroxylation sites is 3. The molecule has 0 radical (unpaired) electrons. The van der Waals surface area contributed by atoms with Crippen LogP contribution >= 0.6 is 0 Å². The van der Waals surface area contributed by atoms with Gasteiger partial charge < -0.3 is 9.32 Å². The fraction of sp³-hybridized carbons (Fsp3) is 0. The van der Waals surface area contributed by atoms with E-state index in [9.17, 15) is 0 Å². The molecule has 0 saturated carbocycles. The summed E-state index contributed by atoms with van der Waals surface area (Å²) in [5.74, 6) is 0. The van der Waals surface area contributed by atoms with Crippen molar-refractivity contribution in [2.24, 2.45) is 0 Å². The van der Waals surface area contributed by atoms with Crippen molar-refractivity contribution < 1.29 is 7.16 Å². The Balaban J connectivity index is 1.31. The molecule has 0 N–H and O–H groups in total. The van der Waals surface area contributed by atoms with Gasteiger partial charge in [0.15, 0.2) is 0 Å². The summed E-state index contributed by atoms with van der Waals surface area (Å²) in [6, 6.07) is 46.9. The van der Waals surface area contributed by atoms with Crippen molar-refractivity contribution in [2.75, 3.05) is 4.90 Å². The maximum Gasteiger partial charge on any atom is 0.135 e. The van der Waals surface area contributed by atoms with Gasteiger partial charge in [-0.25, -0.2) is 0 Å². The summed E-state index contributed by atoms with van der Waals surface area (Å²) in [6.45, 7) is 0. The Bertz CT molecular complexity index is 1990. The summed E-state index contributed by atoms with van der Waals surface area (Å²) < 4.78 is 23.8. The lowest BCUT2D eigenvalue weighted by Crippen LogP contribution is -2.09. The van der Waals surface area contributed by atoms with E-state index in [1.54, 1.807) is 0 Å². The Labute approximate surface area is 224 Å². The molecule has 0 aliphatic heterocycles. The average Bonchev–Trinajstić information content (AvgIpc) is 3.39. The highest BCUT2D eigenvalue weighted by Crippen LogP contribution is 2.36. The summed E-state index contributed by atoms with van der Waals surface area (Å²) in [7, 11) is 0. The van der Waals surface area contributed by atoms with Crippen molar-refractivity contribution in [3.8, 4) is 0 Å². The predicted molar refractivity (Wildman–Crippen MR) is 161 cm³/mol. The van der Waals surface area contributed by atoms with Crippen molar-refractivity contribution in [1.82, 2.24) is 0 Å². The van der Waals surface area contributed by atoms with E-state index < -0.39 is 0 Å². The van der Waals surface area contributed by atoms with Gasteiger partial charge in [-0.2, -0.15) is 0 Å². The Hall–Kier alpha value is -5.08. The molecule has 7 aromatic rings. The quantitative estimate of drug-likeness (QED) is 0.224. The van der Waals surface area contributed by atoms with Crippen LogP contribution in [0.1, 0.15) is 13.9 Å². The third-order valence-corrected chi connectivity index (χ3v) is 6.84. The second-order valence-corrected chi connectivity index (χ2v) is 9.31. The number of fused-ring (bicyclic) bond motifs is 4. The minimum Gasteiger partial charge on any atom is -0.456 e. The van der Waals surface area contributed by atoms with Crippen LogP contribution in [0.15, 0.2) is 144 Å². The summed E-state index contributed by atoms with van der Waals surface area (Å²) in [6.07, 6.45) is 0. The van der Waals surface area contributed by atoms with E-state index in [2.05, 4.69) is 47.4 Å². The first kappa shape index (κ1) is 20.0. The lowest BCUT2D eigenvalue weighted by atomic mass is 10.0. The van der Waals surface area contributed by atoms with E-state index in [-0.39, 0.29) is 12.1 Å². The van der Waals surface area contributed by atoms with Crippen molar-refractivity contribution in [3.05, 3.63) is 151 Å². The first-order valence-electron chi connectivity index (χ1n) is 13.7. The summed E-state index contributed by atoms with van der Waals surface area (Å²) >= 11 is 0. The van der Waals surface area contributed by atoms with Crippen molar-refractivity contribution in [1.29, 1.82) is 0 Å². The summed E-state index contributed by atoms with van der Waals surface area (Å²) in [5.41, 5.74) is 6.17. The third-order valence-electron chi connectivity index (χ3n) is 6.84. The van der Waals surface area contributed by atoms with E-state index in [1.807, 2.05) is 97.1 Å². The number of hydrogen-bond acceptors (Lipinski definition) is 2. The first-order valence-corrected chi connectivity index (χ1v) is 12.7. The van der Waals surface area contributed by atoms with Crippen LogP contribution in [-0.4, -0.2) is 0 Å². The number of benzene rings is 6. The molecule has 0 saturated heterocycles. The Morgan fingerprint density at radius 1 is 0.474 bits per heavy atom. The van der Waals surface area contributed by atoms with Gasteiger partial charge in [0.25, 0.3) is 0 Å². The van der Waals surface area contributed by atoms with E-state index >= 15 is 0 Å². The average molecular weight is 490 g/mol. The highest BCUT2D eigenvalue weighted by Gasteiger charge is 2.12. The maximum atomic E-state index is 8.93. The lowest BCUT2D eigenvalue weighted by Gasteiger charge is -2.25. The van der Waals surface area contributed by atoms with Gasteiger partial charge in [-0.1, -0.05) is 91.0 Å². The van der Waals surface area contributed by atoms with Crippen LogP contribution in [0.25, 0.3) is 44.8 Å². The van der Waals surface area contributed by atoms with Crippen LogP contribution < -0.4 is 4.90 Å². The molecule has 1 heterocycles. The zero-order valence-electron chi connectivity index (χ0n) is 22.6. The molecule has 2 nitrogen and oxygen atoms in total. The van der Waals surface area contributed by atoms with Gasteiger partial charge in [-0.05, 0) is 82.6 Å². The second-order valence-electron chi connectivity index (χ2n) is 9.31. The molecule has 0 unspecified atom stereocenters. The van der Waals surface area contributed by atoms with Crippen molar-refractivity contribution >= 4 is 61.9 Å². The van der Waals surface area contributed by atoms with Crippen LogP contribution in [0.5, 0.6) is 0 Å². The van der Waals surface area contributed by atoms with E-state index in [0.29, 0.717) is 11.1 Å². The van der Waals surface area contributed by atoms with Crippen LogP contribution in [0.4, 0.5) is 17.1 Å². The second kappa shape index (κ2) is 9.42. The Morgan fingerprint density at radius 2 is 1.08 bits per heavy atom. The molecule has 0 aliphatic carbocycles. The van der Waals surface area contributed by atoms with Gasteiger partial charge in [0.1, 0.15) is 11.2 Å². The topological polar surface area (TPSA) is 16.4 Å². The van der Waals surface area contributed by atoms with Crippen LogP contribution in [0.3, 0.4) is 0 Å². The lowest BCUT2D eigenvalue weighted by molar-refractivity contribution is 0.669. The highest BCUT2D eigenvalue weighted by molar-refractivity contribution is 6.05. The van der Waals surface area contributed by atoms with Crippen molar-refractivity contribution in [3.63, 3.8) is 0 Å². The van der Waals surface area contributed by atoms with E-state index in [0.717, 1.165) is 49.8 Å². The molecule has 180 valence electrons. The molecule has 7 rings (SSSR count). The van der Waals surface area contributed by atoms with Gasteiger partial charge in [-0.15, -0.1) is 0 Å². The smallest absolute Gasteiger partial charge is 0.135 e. The van der Waals surface area contributed by atoms with Crippen LogP contribution in [-0.2, 0) is 0 Å². The van der Waals surface area contributed by atoms with E-state index in [1.165, 1.54) is 0 Å². The molecule has 38 heavy (non-hydrogen) atoms.